The van der Waals surface area contributed by atoms with Gasteiger partial charge in [-0.3, -0.25) is 4.79 Å². The lowest BCUT2D eigenvalue weighted by Crippen LogP contribution is -2.30. The van der Waals surface area contributed by atoms with Gasteiger partial charge in [0, 0.05) is 13.0 Å². The molecule has 0 bridgehead atoms. The molecule has 2 aromatic rings. The van der Waals surface area contributed by atoms with Gasteiger partial charge in [-0.15, -0.1) is 0 Å². The van der Waals surface area contributed by atoms with Crippen LogP contribution in [0.15, 0.2) is 45.7 Å². The molecule has 3 N–H and O–H groups in total. The first-order valence-electron chi connectivity index (χ1n) is 8.13. The van der Waals surface area contributed by atoms with Gasteiger partial charge in [0.25, 0.3) is 0 Å². The zero-order valence-corrected chi connectivity index (χ0v) is 15.4. The molecule has 0 unspecified atom stereocenters. The molecule has 146 valence electrons. The fraction of sp³-hybridized carbons (Fsp3) is 0.294. The van der Waals surface area contributed by atoms with E-state index in [1.54, 1.807) is 12.1 Å². The van der Waals surface area contributed by atoms with Crippen molar-refractivity contribution < 1.29 is 32.3 Å². The normalized spacial score (nSPS) is 11.1. The number of hydrogen-bond acceptors (Lipinski definition) is 6. The van der Waals surface area contributed by atoms with Gasteiger partial charge in [0.15, 0.2) is 0 Å². The highest BCUT2D eigenvalue weighted by atomic mass is 32.2. The number of aromatic carboxylic acids is 1. The number of furan rings is 1. The predicted octanol–water partition coefficient (Wildman–Crippen LogP) is 1.36. The van der Waals surface area contributed by atoms with Gasteiger partial charge >= 0.3 is 5.97 Å². The number of amides is 1. The molecule has 2 rings (SSSR count). The van der Waals surface area contributed by atoms with E-state index in [0.29, 0.717) is 12.4 Å². The van der Waals surface area contributed by atoms with E-state index in [1.165, 1.54) is 24.3 Å². The van der Waals surface area contributed by atoms with Crippen molar-refractivity contribution in [3.05, 3.63) is 47.9 Å². The van der Waals surface area contributed by atoms with Crippen LogP contribution in [0.2, 0.25) is 0 Å². The lowest BCUT2D eigenvalue weighted by molar-refractivity contribution is -0.121. The highest BCUT2D eigenvalue weighted by Gasteiger charge is 2.15. The molecule has 0 spiro atoms. The summed E-state index contributed by atoms with van der Waals surface area (Å²) >= 11 is 0. The van der Waals surface area contributed by atoms with Crippen LogP contribution in [0.3, 0.4) is 0 Å². The summed E-state index contributed by atoms with van der Waals surface area (Å²) in [5, 5.41) is 11.3. The average molecular weight is 396 g/mol. The Hall–Kier alpha value is -2.85. The Morgan fingerprint density at radius 2 is 1.85 bits per heavy atom. The molecule has 0 fully saturated rings. The van der Waals surface area contributed by atoms with Crippen molar-refractivity contribution >= 4 is 21.9 Å². The van der Waals surface area contributed by atoms with Crippen molar-refractivity contribution in [3.63, 3.8) is 0 Å². The number of benzene rings is 1. The molecule has 9 nitrogen and oxygen atoms in total. The van der Waals surface area contributed by atoms with E-state index in [1.807, 2.05) is 6.92 Å². The summed E-state index contributed by atoms with van der Waals surface area (Å²) in [5.74, 6) is -0.966. The first-order chi connectivity index (χ1) is 12.8. The van der Waals surface area contributed by atoms with Crippen molar-refractivity contribution in [3.8, 4) is 5.75 Å². The van der Waals surface area contributed by atoms with Crippen molar-refractivity contribution in [2.24, 2.45) is 0 Å². The number of carboxylic acids is 1. The molecule has 1 amide bonds. The van der Waals surface area contributed by atoms with E-state index in [0.717, 1.165) is 0 Å². The Morgan fingerprint density at radius 3 is 2.44 bits per heavy atom. The molecule has 1 heterocycles. The minimum atomic E-state index is -3.73. The van der Waals surface area contributed by atoms with Gasteiger partial charge in [-0.2, -0.15) is 0 Å². The van der Waals surface area contributed by atoms with E-state index in [-0.39, 0.29) is 35.9 Å². The van der Waals surface area contributed by atoms with E-state index < -0.39 is 21.9 Å². The molecule has 0 saturated carbocycles. The third kappa shape index (κ3) is 6.12. The van der Waals surface area contributed by atoms with Gasteiger partial charge in [0.05, 0.1) is 18.0 Å². The van der Waals surface area contributed by atoms with E-state index in [2.05, 4.69) is 10.0 Å². The second-order valence-electron chi connectivity index (χ2n) is 5.40. The lowest BCUT2D eigenvalue weighted by Gasteiger charge is -2.08. The van der Waals surface area contributed by atoms with Crippen LogP contribution in [-0.2, 0) is 21.4 Å². The second kappa shape index (κ2) is 9.19. The minimum absolute atomic E-state index is 0.0117. The van der Waals surface area contributed by atoms with Crippen LogP contribution in [0, 0.1) is 0 Å². The Balaban J connectivity index is 1.78. The smallest absolute Gasteiger partial charge is 0.371 e. The Labute approximate surface area is 156 Å². The third-order valence-corrected chi connectivity index (χ3v) is 4.90. The maximum absolute atomic E-state index is 12.2. The molecule has 0 aliphatic carbocycles. The summed E-state index contributed by atoms with van der Waals surface area (Å²) in [6.07, 6.45) is -0.0806. The fourth-order valence-corrected chi connectivity index (χ4v) is 3.16. The van der Waals surface area contributed by atoms with Crippen LogP contribution in [0.5, 0.6) is 5.75 Å². The Kier molecular flexibility index (Phi) is 6.97. The second-order valence-corrected chi connectivity index (χ2v) is 7.17. The van der Waals surface area contributed by atoms with Gasteiger partial charge in [-0.25, -0.2) is 17.9 Å². The number of rotatable bonds is 10. The fourth-order valence-electron chi connectivity index (χ4n) is 2.13. The van der Waals surface area contributed by atoms with Crippen LogP contribution in [0.1, 0.15) is 29.7 Å². The van der Waals surface area contributed by atoms with Crippen LogP contribution in [0.4, 0.5) is 0 Å². The van der Waals surface area contributed by atoms with Crippen molar-refractivity contribution in [2.45, 2.75) is 24.8 Å². The number of carbonyl (C=O) groups is 2. The molecular weight excluding hydrogens is 376 g/mol. The summed E-state index contributed by atoms with van der Waals surface area (Å²) in [6, 6.07) is 8.68. The molecule has 10 heteroatoms. The highest BCUT2D eigenvalue weighted by molar-refractivity contribution is 7.89. The third-order valence-electron chi connectivity index (χ3n) is 3.42. The quantitative estimate of drug-likeness (QED) is 0.552. The Bertz CT molecular complexity index is 888. The van der Waals surface area contributed by atoms with Crippen molar-refractivity contribution in [1.29, 1.82) is 0 Å². The van der Waals surface area contributed by atoms with Crippen molar-refractivity contribution in [1.82, 2.24) is 10.0 Å². The summed E-state index contributed by atoms with van der Waals surface area (Å²) in [6.45, 7) is 2.24. The first-order valence-corrected chi connectivity index (χ1v) is 9.61. The number of sulfonamides is 1. The van der Waals surface area contributed by atoms with Crippen LogP contribution in [0.25, 0.3) is 0 Å². The number of nitrogens with one attached hydrogen (secondary N) is 2. The average Bonchev–Trinajstić information content (AvgIpc) is 3.10. The highest BCUT2D eigenvalue weighted by Crippen LogP contribution is 2.15. The molecule has 1 aromatic heterocycles. The summed E-state index contributed by atoms with van der Waals surface area (Å²) < 4.78 is 37.0. The maximum atomic E-state index is 12.2. The first kappa shape index (κ1) is 20.5. The molecule has 1 aromatic carbocycles. The van der Waals surface area contributed by atoms with E-state index in [4.69, 9.17) is 14.3 Å². The SMILES string of the molecule is CCOc1ccc(S(=O)(=O)NCCC(=O)NCc2ccc(C(=O)O)o2)cc1. The maximum Gasteiger partial charge on any atom is 0.371 e. The van der Waals surface area contributed by atoms with Gasteiger partial charge in [0.2, 0.25) is 21.7 Å². The molecule has 27 heavy (non-hydrogen) atoms. The molecule has 0 aliphatic heterocycles. The zero-order chi connectivity index (χ0) is 19.9. The largest absolute Gasteiger partial charge is 0.494 e. The number of carbonyl (C=O) groups excluding carboxylic acids is 1. The lowest BCUT2D eigenvalue weighted by atomic mass is 10.3. The number of carboxylic acid groups (broad SMARTS) is 1. The minimum Gasteiger partial charge on any atom is -0.494 e. The number of ether oxygens (including phenoxy) is 1. The summed E-state index contributed by atoms with van der Waals surface area (Å²) in [4.78, 5) is 22.6. The molecule has 0 radical (unpaired) electrons. The molecule has 0 aliphatic rings. The molecule has 0 saturated heterocycles. The monoisotopic (exact) mass is 396 g/mol. The topological polar surface area (TPSA) is 135 Å². The summed E-state index contributed by atoms with van der Waals surface area (Å²) in [7, 11) is -3.73. The van der Waals surface area contributed by atoms with Gasteiger partial charge < -0.3 is 19.6 Å². The van der Waals surface area contributed by atoms with Crippen LogP contribution >= 0.6 is 0 Å². The van der Waals surface area contributed by atoms with E-state index in [9.17, 15) is 18.0 Å². The molecular formula is C17H20N2O7S. The van der Waals surface area contributed by atoms with Crippen LogP contribution < -0.4 is 14.8 Å². The zero-order valence-electron chi connectivity index (χ0n) is 14.6. The van der Waals surface area contributed by atoms with Gasteiger partial charge in [-0.05, 0) is 43.3 Å². The Morgan fingerprint density at radius 1 is 1.15 bits per heavy atom. The van der Waals surface area contributed by atoms with Gasteiger partial charge in [-0.1, -0.05) is 0 Å². The standard InChI is InChI=1S/C17H20N2O7S/c1-2-25-12-3-6-14(7-4-12)27(23,24)19-10-9-16(20)18-11-13-5-8-15(26-13)17(21)22/h3-8,19H,2,9-11H2,1H3,(H,18,20)(H,21,22). The number of hydrogen-bond donors (Lipinski definition) is 3. The van der Waals surface area contributed by atoms with Crippen molar-refractivity contribution in [2.75, 3.05) is 13.2 Å². The molecule has 0 atom stereocenters. The van der Waals surface area contributed by atoms with E-state index >= 15 is 0 Å². The van der Waals surface area contributed by atoms with Gasteiger partial charge in [0.1, 0.15) is 11.5 Å². The summed E-state index contributed by atoms with van der Waals surface area (Å²) in [5.41, 5.74) is 0. The van der Waals surface area contributed by atoms with Crippen LogP contribution in [-0.4, -0.2) is 38.6 Å². The predicted molar refractivity (Wildman–Crippen MR) is 94.9 cm³/mol.